The minimum Gasteiger partial charge on any atom is -0.236 e. The van der Waals surface area contributed by atoms with E-state index in [1.54, 1.807) is 65.2 Å². The smallest absolute Gasteiger partial charge is 0.210 e. The third-order valence-electron chi connectivity index (χ3n) is 4.03. The van der Waals surface area contributed by atoms with Crippen LogP contribution in [0.25, 0.3) is 16.9 Å². The second kappa shape index (κ2) is 6.23. The van der Waals surface area contributed by atoms with Crippen molar-refractivity contribution in [3.05, 3.63) is 77.6 Å². The van der Waals surface area contributed by atoms with E-state index in [2.05, 4.69) is 10.1 Å². The molecule has 0 radical (unpaired) electrons. The van der Waals surface area contributed by atoms with Gasteiger partial charge < -0.3 is 0 Å². The van der Waals surface area contributed by atoms with Crippen LogP contribution in [0, 0.1) is 6.92 Å². The highest BCUT2D eigenvalue weighted by molar-refractivity contribution is 7.91. The topological polar surface area (TPSA) is 64.3 Å². The molecule has 0 aliphatic heterocycles. The van der Waals surface area contributed by atoms with Gasteiger partial charge in [-0.1, -0.05) is 41.9 Å². The molecule has 2 aromatic heterocycles. The molecular weight excluding hydrogens is 370 g/mol. The first-order chi connectivity index (χ1) is 12.5. The highest BCUT2D eigenvalue weighted by Gasteiger charge is 2.25. The van der Waals surface area contributed by atoms with Crippen LogP contribution < -0.4 is 0 Å². The van der Waals surface area contributed by atoms with Crippen molar-refractivity contribution in [2.45, 2.75) is 16.7 Å². The Balaban J connectivity index is 2.07. The number of halogens is 1. The van der Waals surface area contributed by atoms with Crippen LogP contribution >= 0.6 is 11.6 Å². The van der Waals surface area contributed by atoms with Crippen molar-refractivity contribution >= 4 is 27.1 Å². The highest BCUT2D eigenvalue weighted by Crippen LogP contribution is 2.32. The zero-order chi connectivity index (χ0) is 18.3. The summed E-state index contributed by atoms with van der Waals surface area (Å²) in [6, 6.07) is 17.1. The Hall–Kier alpha value is -2.70. The number of rotatable bonds is 3. The molecule has 0 spiro atoms. The van der Waals surface area contributed by atoms with Crippen molar-refractivity contribution < 1.29 is 8.42 Å². The monoisotopic (exact) mass is 383 g/mol. The molecule has 26 heavy (non-hydrogen) atoms. The Morgan fingerprint density at radius 1 is 1.00 bits per heavy atom. The van der Waals surface area contributed by atoms with Gasteiger partial charge in [0.05, 0.1) is 22.5 Å². The van der Waals surface area contributed by atoms with Gasteiger partial charge in [0.2, 0.25) is 9.84 Å². The minimum absolute atomic E-state index is 0.0987. The van der Waals surface area contributed by atoms with Crippen molar-refractivity contribution in [1.82, 2.24) is 14.6 Å². The first-order valence-electron chi connectivity index (χ1n) is 7.88. The molecule has 0 unspecified atom stereocenters. The van der Waals surface area contributed by atoms with Gasteiger partial charge >= 0.3 is 0 Å². The summed E-state index contributed by atoms with van der Waals surface area (Å²) in [5, 5.41) is 5.01. The van der Waals surface area contributed by atoms with Crippen LogP contribution in [0.1, 0.15) is 5.69 Å². The van der Waals surface area contributed by atoms with E-state index in [1.807, 2.05) is 6.92 Å². The number of aryl methyl sites for hydroxylation is 1. The second-order valence-corrected chi connectivity index (χ2v) is 8.20. The van der Waals surface area contributed by atoms with Crippen LogP contribution in [0.15, 0.2) is 76.7 Å². The summed E-state index contributed by atoms with van der Waals surface area (Å²) in [5.41, 5.74) is 2.49. The van der Waals surface area contributed by atoms with Gasteiger partial charge in [-0.25, -0.2) is 17.9 Å². The molecule has 2 aromatic carbocycles. The van der Waals surface area contributed by atoms with Crippen LogP contribution in [-0.4, -0.2) is 23.0 Å². The van der Waals surface area contributed by atoms with E-state index in [4.69, 9.17) is 11.6 Å². The summed E-state index contributed by atoms with van der Waals surface area (Å²) in [5.74, 6) is 0. The number of hydrogen-bond donors (Lipinski definition) is 0. The van der Waals surface area contributed by atoms with E-state index >= 15 is 0 Å². The Morgan fingerprint density at radius 3 is 2.38 bits per heavy atom. The molecule has 0 fully saturated rings. The Morgan fingerprint density at radius 2 is 1.69 bits per heavy atom. The molecule has 0 bridgehead atoms. The standard InChI is InChI=1S/C19H14ClN3O2S/c1-13-11-18-21-12-17(26(24,25)16-5-3-2-4-6-16)19(23(18)22-13)14-7-9-15(20)10-8-14/h2-12H,1H3. The largest absolute Gasteiger partial charge is 0.236 e. The average Bonchev–Trinajstić information content (AvgIpc) is 3.02. The molecular formula is C19H14ClN3O2S. The summed E-state index contributed by atoms with van der Waals surface area (Å²) in [6.07, 6.45) is 1.39. The lowest BCUT2D eigenvalue weighted by Gasteiger charge is -2.12. The Kier molecular flexibility index (Phi) is 4.01. The maximum atomic E-state index is 13.2. The lowest BCUT2D eigenvalue weighted by atomic mass is 10.1. The quantitative estimate of drug-likeness (QED) is 0.532. The molecule has 0 saturated carbocycles. The summed E-state index contributed by atoms with van der Waals surface area (Å²) in [4.78, 5) is 4.60. The van der Waals surface area contributed by atoms with Crippen molar-refractivity contribution in [1.29, 1.82) is 0 Å². The van der Waals surface area contributed by atoms with Crippen molar-refractivity contribution in [3.63, 3.8) is 0 Å². The van der Waals surface area contributed by atoms with Crippen LogP contribution in [0.5, 0.6) is 0 Å². The lowest BCUT2D eigenvalue weighted by Crippen LogP contribution is -2.09. The number of sulfone groups is 1. The number of benzene rings is 2. The van der Waals surface area contributed by atoms with Gasteiger partial charge in [0.25, 0.3) is 0 Å². The maximum absolute atomic E-state index is 13.2. The first kappa shape index (κ1) is 16.8. The predicted octanol–water partition coefficient (Wildman–Crippen LogP) is 4.19. The van der Waals surface area contributed by atoms with E-state index in [0.717, 1.165) is 5.69 Å². The molecule has 0 saturated heterocycles. The van der Waals surface area contributed by atoms with Gasteiger partial charge in [0.15, 0.2) is 5.65 Å². The van der Waals surface area contributed by atoms with Gasteiger partial charge in [-0.2, -0.15) is 5.10 Å². The van der Waals surface area contributed by atoms with Crippen LogP contribution in [0.3, 0.4) is 0 Å². The van der Waals surface area contributed by atoms with Crippen molar-refractivity contribution in [2.24, 2.45) is 0 Å². The molecule has 0 aliphatic rings. The SMILES string of the molecule is Cc1cc2ncc(S(=O)(=O)c3ccccc3)c(-c3ccc(Cl)cc3)n2n1. The van der Waals surface area contributed by atoms with E-state index in [0.29, 0.717) is 21.9 Å². The molecule has 7 heteroatoms. The molecule has 4 rings (SSSR count). The predicted molar refractivity (Wildman–Crippen MR) is 100 cm³/mol. The fourth-order valence-corrected chi connectivity index (χ4v) is 4.37. The lowest BCUT2D eigenvalue weighted by molar-refractivity contribution is 0.595. The molecule has 5 nitrogen and oxygen atoms in total. The molecule has 2 heterocycles. The van der Waals surface area contributed by atoms with E-state index in [9.17, 15) is 8.42 Å². The summed E-state index contributed by atoms with van der Waals surface area (Å²) in [6.45, 7) is 1.84. The molecule has 0 amide bonds. The minimum atomic E-state index is -3.77. The first-order valence-corrected chi connectivity index (χ1v) is 9.74. The van der Waals surface area contributed by atoms with Crippen molar-refractivity contribution in [2.75, 3.05) is 0 Å². The fourth-order valence-electron chi connectivity index (χ4n) is 2.83. The van der Waals surface area contributed by atoms with Crippen LogP contribution in [0.2, 0.25) is 5.02 Å². The van der Waals surface area contributed by atoms with E-state index < -0.39 is 9.84 Å². The fraction of sp³-hybridized carbons (Fsp3) is 0.0526. The number of hydrogen-bond acceptors (Lipinski definition) is 4. The summed E-state index contributed by atoms with van der Waals surface area (Å²) >= 11 is 5.99. The molecule has 4 aromatic rings. The zero-order valence-corrected chi connectivity index (χ0v) is 15.4. The van der Waals surface area contributed by atoms with Gasteiger partial charge in [0.1, 0.15) is 4.90 Å². The molecule has 0 N–H and O–H groups in total. The Bertz CT molecular complexity index is 1200. The molecule has 0 atom stereocenters. The van der Waals surface area contributed by atoms with Crippen LogP contribution in [0.4, 0.5) is 0 Å². The number of aromatic nitrogens is 3. The highest BCUT2D eigenvalue weighted by atomic mass is 35.5. The third kappa shape index (κ3) is 2.77. The second-order valence-electron chi connectivity index (χ2n) is 5.85. The maximum Gasteiger partial charge on any atom is 0.210 e. The van der Waals surface area contributed by atoms with Crippen molar-refractivity contribution in [3.8, 4) is 11.3 Å². The molecule has 130 valence electrons. The number of nitrogens with zero attached hydrogens (tertiary/aromatic N) is 3. The number of fused-ring (bicyclic) bond motifs is 1. The van der Waals surface area contributed by atoms with Gasteiger partial charge in [0, 0.05) is 16.7 Å². The average molecular weight is 384 g/mol. The van der Waals surface area contributed by atoms with E-state index in [1.165, 1.54) is 6.20 Å². The normalized spacial score (nSPS) is 11.8. The van der Waals surface area contributed by atoms with Gasteiger partial charge in [-0.15, -0.1) is 0 Å². The van der Waals surface area contributed by atoms with Crippen LogP contribution in [-0.2, 0) is 9.84 Å². The molecule has 0 aliphatic carbocycles. The third-order valence-corrected chi connectivity index (χ3v) is 6.06. The summed E-state index contributed by atoms with van der Waals surface area (Å²) in [7, 11) is -3.77. The summed E-state index contributed by atoms with van der Waals surface area (Å²) < 4.78 is 28.0. The van der Waals surface area contributed by atoms with Gasteiger partial charge in [-0.3, -0.25) is 0 Å². The van der Waals surface area contributed by atoms with E-state index in [-0.39, 0.29) is 9.79 Å². The zero-order valence-electron chi connectivity index (χ0n) is 13.8. The Labute approximate surface area is 155 Å². The van der Waals surface area contributed by atoms with Gasteiger partial charge in [-0.05, 0) is 31.2 Å².